The Morgan fingerprint density at radius 2 is 2.22 bits per heavy atom. The van der Waals surface area contributed by atoms with E-state index < -0.39 is 0 Å². The van der Waals surface area contributed by atoms with E-state index in [0.29, 0.717) is 24.1 Å². The molecule has 1 aromatic rings. The number of nitrogens with two attached hydrogens (primary N) is 1. The Kier molecular flexibility index (Phi) is 5.18. The van der Waals surface area contributed by atoms with Crippen LogP contribution in [0.15, 0.2) is 21.9 Å². The molecule has 0 radical (unpaired) electrons. The monoisotopic (exact) mass is 362 g/mol. The second kappa shape index (κ2) is 6.21. The van der Waals surface area contributed by atoms with Crippen LogP contribution in [0.3, 0.4) is 0 Å². The lowest BCUT2D eigenvalue weighted by atomic mass is 10.2. The van der Waals surface area contributed by atoms with Crippen molar-refractivity contribution in [3.8, 4) is 0 Å². The van der Waals surface area contributed by atoms with Crippen LogP contribution in [0.1, 0.15) is 24.1 Å². The van der Waals surface area contributed by atoms with Gasteiger partial charge >= 0.3 is 0 Å². The lowest BCUT2D eigenvalue weighted by molar-refractivity contribution is 0.792. The summed E-state index contributed by atoms with van der Waals surface area (Å²) in [5.74, 6) is 0.426. The van der Waals surface area contributed by atoms with Crippen molar-refractivity contribution >= 4 is 29.9 Å². The number of guanidine groups is 1. The van der Waals surface area contributed by atoms with Gasteiger partial charge in [-0.1, -0.05) is 0 Å². The van der Waals surface area contributed by atoms with Crippen LogP contribution >= 0.6 is 24.0 Å². The highest BCUT2D eigenvalue weighted by atomic mass is 127. The van der Waals surface area contributed by atoms with Crippen molar-refractivity contribution in [1.82, 2.24) is 9.88 Å². The quantitative estimate of drug-likeness (QED) is 0.476. The van der Waals surface area contributed by atoms with E-state index in [0.717, 1.165) is 18.5 Å². The molecule has 1 heterocycles. The molecule has 0 bridgehead atoms. The first-order valence-electron chi connectivity index (χ1n) is 5.80. The van der Waals surface area contributed by atoms with Gasteiger partial charge in [0, 0.05) is 24.3 Å². The Hall–Kier alpha value is -1.05. The number of nitrogens with one attached hydrogen (secondary N) is 1. The minimum Gasteiger partial charge on any atom is -0.370 e. The summed E-state index contributed by atoms with van der Waals surface area (Å²) >= 11 is 0. The summed E-state index contributed by atoms with van der Waals surface area (Å²) in [6, 6.07) is 4.21. The molecule has 100 valence electrons. The molecule has 0 unspecified atom stereocenters. The molecule has 0 amide bonds. The second-order valence-electron chi connectivity index (χ2n) is 4.48. The van der Waals surface area contributed by atoms with Gasteiger partial charge in [0.2, 0.25) is 0 Å². The van der Waals surface area contributed by atoms with E-state index in [1.165, 1.54) is 0 Å². The summed E-state index contributed by atoms with van der Waals surface area (Å²) < 4.78 is 1.62. The third kappa shape index (κ3) is 3.72. The Morgan fingerprint density at radius 1 is 1.56 bits per heavy atom. The Labute approximate surface area is 124 Å². The predicted molar refractivity (Wildman–Crippen MR) is 83.3 cm³/mol. The van der Waals surface area contributed by atoms with E-state index in [9.17, 15) is 4.79 Å². The number of rotatable bonds is 3. The predicted octanol–water partition coefficient (Wildman–Crippen LogP) is 0.878. The summed E-state index contributed by atoms with van der Waals surface area (Å²) in [5.41, 5.74) is 7.31. The topological polar surface area (TPSA) is 72.4 Å². The van der Waals surface area contributed by atoms with Crippen LogP contribution in [0, 0.1) is 6.92 Å². The normalized spacial score (nSPS) is 15.1. The first-order chi connectivity index (χ1) is 8.08. The van der Waals surface area contributed by atoms with Crippen molar-refractivity contribution in [2.24, 2.45) is 17.8 Å². The van der Waals surface area contributed by atoms with Crippen LogP contribution in [0.5, 0.6) is 0 Å². The first-order valence-corrected chi connectivity index (χ1v) is 5.80. The summed E-state index contributed by atoms with van der Waals surface area (Å²) in [6.45, 7) is 2.23. The minimum absolute atomic E-state index is 0. The van der Waals surface area contributed by atoms with Gasteiger partial charge in [0.1, 0.15) is 0 Å². The van der Waals surface area contributed by atoms with Gasteiger partial charge in [-0.15, -0.1) is 24.0 Å². The lowest BCUT2D eigenvalue weighted by Crippen LogP contribution is -2.33. The zero-order valence-corrected chi connectivity index (χ0v) is 13.0. The van der Waals surface area contributed by atoms with Crippen molar-refractivity contribution in [1.29, 1.82) is 0 Å². The average Bonchev–Trinajstić information content (AvgIpc) is 3.09. The van der Waals surface area contributed by atoms with Crippen molar-refractivity contribution < 1.29 is 0 Å². The smallest absolute Gasteiger partial charge is 0.255 e. The van der Waals surface area contributed by atoms with Gasteiger partial charge < -0.3 is 15.6 Å². The molecule has 2 rings (SSSR count). The molecule has 1 aromatic heterocycles. The molecule has 0 saturated heterocycles. The van der Waals surface area contributed by atoms with Crippen LogP contribution in [0.4, 0.5) is 0 Å². The van der Waals surface area contributed by atoms with Gasteiger partial charge in [0.25, 0.3) is 5.56 Å². The summed E-state index contributed by atoms with van der Waals surface area (Å²) in [5, 5.41) is 3.09. The largest absolute Gasteiger partial charge is 0.370 e. The number of halogens is 1. The molecule has 0 aromatic carbocycles. The van der Waals surface area contributed by atoms with E-state index in [1.54, 1.807) is 11.6 Å². The fourth-order valence-corrected chi connectivity index (χ4v) is 1.55. The van der Waals surface area contributed by atoms with E-state index in [-0.39, 0.29) is 29.5 Å². The molecular weight excluding hydrogens is 343 g/mol. The number of nitrogens with zero attached hydrogens (tertiary/aromatic N) is 2. The van der Waals surface area contributed by atoms with Gasteiger partial charge in [-0.25, -0.2) is 4.99 Å². The molecule has 0 atom stereocenters. The van der Waals surface area contributed by atoms with Crippen LogP contribution in [-0.2, 0) is 13.6 Å². The Balaban J connectivity index is 0.00000162. The van der Waals surface area contributed by atoms with Crippen molar-refractivity contribution in [3.63, 3.8) is 0 Å². The molecule has 6 heteroatoms. The molecule has 0 spiro atoms. The van der Waals surface area contributed by atoms with E-state index >= 15 is 0 Å². The highest BCUT2D eigenvalue weighted by molar-refractivity contribution is 14.0. The van der Waals surface area contributed by atoms with Crippen molar-refractivity contribution in [2.45, 2.75) is 32.4 Å². The van der Waals surface area contributed by atoms with Gasteiger partial charge in [-0.05, 0) is 31.9 Å². The van der Waals surface area contributed by atoms with Gasteiger partial charge in [-0.2, -0.15) is 0 Å². The number of aromatic nitrogens is 1. The number of aryl methyl sites for hydroxylation is 1. The molecule has 3 N–H and O–H groups in total. The molecule has 1 saturated carbocycles. The minimum atomic E-state index is -0.00651. The summed E-state index contributed by atoms with van der Waals surface area (Å²) in [4.78, 5) is 16.0. The average molecular weight is 362 g/mol. The first kappa shape index (κ1) is 15.0. The standard InChI is InChI=1S/C12H18N4O.HI/c1-8-3-4-9(11(17)16(8)2)7-14-12(13)15-10-5-6-10;/h3-4,10H,5-7H2,1-2H3,(H3,13,14,15);1H. The SMILES string of the molecule is Cc1ccc(CN=C(N)NC2CC2)c(=O)n1C.I. The maximum atomic E-state index is 11.9. The van der Waals surface area contributed by atoms with Crippen LogP contribution < -0.4 is 16.6 Å². The number of hydrogen-bond donors (Lipinski definition) is 2. The third-order valence-corrected chi connectivity index (χ3v) is 2.98. The number of hydrogen-bond acceptors (Lipinski definition) is 2. The Morgan fingerprint density at radius 3 is 2.83 bits per heavy atom. The van der Waals surface area contributed by atoms with Gasteiger partial charge in [0.15, 0.2) is 5.96 Å². The van der Waals surface area contributed by atoms with Crippen LogP contribution in [0.2, 0.25) is 0 Å². The highest BCUT2D eigenvalue weighted by Gasteiger charge is 2.21. The van der Waals surface area contributed by atoms with Crippen molar-refractivity contribution in [2.75, 3.05) is 0 Å². The lowest BCUT2D eigenvalue weighted by Gasteiger charge is -2.06. The number of pyridine rings is 1. The van der Waals surface area contributed by atoms with E-state index in [4.69, 9.17) is 5.73 Å². The molecule has 5 nitrogen and oxygen atoms in total. The Bertz CT molecular complexity index is 505. The summed E-state index contributed by atoms with van der Waals surface area (Å²) in [7, 11) is 1.76. The summed E-state index contributed by atoms with van der Waals surface area (Å²) in [6.07, 6.45) is 2.31. The van der Waals surface area contributed by atoms with E-state index in [1.807, 2.05) is 19.1 Å². The zero-order valence-electron chi connectivity index (χ0n) is 10.6. The fraction of sp³-hybridized carbons (Fsp3) is 0.500. The van der Waals surface area contributed by atoms with E-state index in [2.05, 4.69) is 10.3 Å². The maximum absolute atomic E-state index is 11.9. The zero-order chi connectivity index (χ0) is 12.4. The molecular formula is C12H19IN4O. The molecule has 1 fully saturated rings. The van der Waals surface area contributed by atoms with Gasteiger partial charge in [0.05, 0.1) is 6.54 Å². The second-order valence-corrected chi connectivity index (χ2v) is 4.48. The number of aliphatic imine (C=N–C) groups is 1. The maximum Gasteiger partial charge on any atom is 0.255 e. The van der Waals surface area contributed by atoms with Crippen molar-refractivity contribution in [3.05, 3.63) is 33.7 Å². The van der Waals surface area contributed by atoms with Crippen LogP contribution in [0.25, 0.3) is 0 Å². The molecule has 18 heavy (non-hydrogen) atoms. The third-order valence-electron chi connectivity index (χ3n) is 2.98. The highest BCUT2D eigenvalue weighted by Crippen LogP contribution is 2.17. The fourth-order valence-electron chi connectivity index (χ4n) is 1.55. The van der Waals surface area contributed by atoms with Gasteiger partial charge in [-0.3, -0.25) is 4.79 Å². The molecule has 1 aliphatic carbocycles. The van der Waals surface area contributed by atoms with Crippen LogP contribution in [-0.4, -0.2) is 16.6 Å². The molecule has 1 aliphatic rings. The molecule has 0 aliphatic heterocycles.